The quantitative estimate of drug-likeness (QED) is 0.832. The van der Waals surface area contributed by atoms with Crippen molar-refractivity contribution in [3.63, 3.8) is 0 Å². The van der Waals surface area contributed by atoms with Gasteiger partial charge in [0, 0.05) is 18.0 Å². The largest absolute Gasteiger partial charge is 0.481 e. The number of hydrogen-bond donors (Lipinski definition) is 1. The maximum atomic E-state index is 11.5. The summed E-state index contributed by atoms with van der Waals surface area (Å²) in [5, 5.41) is 11.6. The van der Waals surface area contributed by atoms with Gasteiger partial charge in [0.25, 0.3) is 0 Å². The summed E-state index contributed by atoms with van der Waals surface area (Å²) in [5.74, 6) is -0.682. The minimum atomic E-state index is -0.682. The highest BCUT2D eigenvalue weighted by atomic mass is 32.1. The number of nitrogens with zero attached hydrogens (tertiary/aromatic N) is 1. The van der Waals surface area contributed by atoms with E-state index in [2.05, 4.69) is 22.9 Å². The van der Waals surface area contributed by atoms with Crippen LogP contribution in [0.3, 0.4) is 0 Å². The number of piperidine rings is 1. The number of carboxylic acid groups (broad SMARTS) is 1. The molecule has 1 fully saturated rings. The fourth-order valence-electron chi connectivity index (χ4n) is 2.69. The molecule has 0 saturated carbocycles. The molecule has 0 aromatic carbocycles. The van der Waals surface area contributed by atoms with Crippen LogP contribution in [0.1, 0.15) is 24.1 Å². The topological polar surface area (TPSA) is 40.5 Å². The zero-order valence-electron chi connectivity index (χ0n) is 10.5. The summed E-state index contributed by atoms with van der Waals surface area (Å²) in [7, 11) is 0. The molecule has 2 rings (SSSR count). The first-order valence-corrected chi connectivity index (χ1v) is 7.13. The monoisotopic (exact) mass is 265 g/mol. The molecule has 98 valence electrons. The highest BCUT2D eigenvalue weighted by molar-refractivity contribution is 7.09. The number of carboxylic acids is 1. The summed E-state index contributed by atoms with van der Waals surface area (Å²) in [6.45, 7) is 6.19. The van der Waals surface area contributed by atoms with Crippen LogP contribution in [0.2, 0.25) is 0 Å². The fourth-order valence-corrected chi connectivity index (χ4v) is 3.44. The second-order valence-electron chi connectivity index (χ2n) is 4.97. The molecule has 0 amide bonds. The molecule has 1 atom stereocenters. The van der Waals surface area contributed by atoms with Gasteiger partial charge in [-0.3, -0.25) is 9.69 Å². The maximum Gasteiger partial charge on any atom is 0.311 e. The Bertz CT molecular complexity index is 415. The number of hydrogen-bond acceptors (Lipinski definition) is 3. The molecule has 3 nitrogen and oxygen atoms in total. The number of thiophene rings is 1. The molecule has 1 saturated heterocycles. The molecule has 1 N–H and O–H groups in total. The van der Waals surface area contributed by atoms with Crippen molar-refractivity contribution in [1.29, 1.82) is 0 Å². The Hall–Kier alpha value is -1.13. The number of aliphatic carboxylic acids is 1. The molecule has 0 bridgehead atoms. The minimum Gasteiger partial charge on any atom is -0.481 e. The van der Waals surface area contributed by atoms with Gasteiger partial charge in [-0.05, 0) is 37.3 Å². The molecule has 1 aliphatic rings. The molecule has 0 spiro atoms. The Morgan fingerprint density at radius 2 is 2.50 bits per heavy atom. The van der Waals surface area contributed by atoms with Gasteiger partial charge in [0.1, 0.15) is 0 Å². The normalized spacial score (nSPS) is 24.9. The van der Waals surface area contributed by atoms with E-state index in [4.69, 9.17) is 0 Å². The third-order valence-electron chi connectivity index (χ3n) is 3.60. The maximum absolute atomic E-state index is 11.5. The lowest BCUT2D eigenvalue weighted by molar-refractivity contribution is -0.152. The van der Waals surface area contributed by atoms with Crippen molar-refractivity contribution in [1.82, 2.24) is 4.90 Å². The van der Waals surface area contributed by atoms with Crippen LogP contribution in [-0.2, 0) is 11.3 Å². The van der Waals surface area contributed by atoms with E-state index in [9.17, 15) is 9.90 Å². The first kappa shape index (κ1) is 13.3. The van der Waals surface area contributed by atoms with Gasteiger partial charge in [0.2, 0.25) is 0 Å². The van der Waals surface area contributed by atoms with E-state index in [1.807, 2.05) is 6.07 Å². The van der Waals surface area contributed by atoms with Crippen LogP contribution >= 0.6 is 11.3 Å². The van der Waals surface area contributed by atoms with Crippen molar-refractivity contribution in [2.75, 3.05) is 13.1 Å². The molecule has 18 heavy (non-hydrogen) atoms. The summed E-state index contributed by atoms with van der Waals surface area (Å²) in [4.78, 5) is 15.1. The van der Waals surface area contributed by atoms with Crippen molar-refractivity contribution >= 4 is 17.3 Å². The van der Waals surface area contributed by atoms with Crippen molar-refractivity contribution in [3.8, 4) is 0 Å². The summed E-state index contributed by atoms with van der Waals surface area (Å²) >= 11 is 1.73. The minimum absolute atomic E-state index is 0.559. The van der Waals surface area contributed by atoms with Gasteiger partial charge >= 0.3 is 5.97 Å². The third kappa shape index (κ3) is 2.82. The second-order valence-corrected chi connectivity index (χ2v) is 6.00. The van der Waals surface area contributed by atoms with E-state index in [-0.39, 0.29) is 0 Å². The van der Waals surface area contributed by atoms with Crippen LogP contribution in [0.5, 0.6) is 0 Å². The van der Waals surface area contributed by atoms with E-state index in [1.165, 1.54) is 4.88 Å². The standard InChI is InChI=1S/C14H19NO2S/c1-2-6-14(13(16)17)7-4-8-15(11-14)10-12-5-3-9-18-12/h2-3,5,9H,1,4,6-8,10-11H2,(H,16,17). The average molecular weight is 265 g/mol. The molecule has 0 aliphatic carbocycles. The first-order valence-electron chi connectivity index (χ1n) is 6.25. The Kier molecular flexibility index (Phi) is 4.19. The van der Waals surface area contributed by atoms with Gasteiger partial charge in [-0.2, -0.15) is 0 Å². The van der Waals surface area contributed by atoms with Gasteiger partial charge in [0.05, 0.1) is 5.41 Å². The van der Waals surface area contributed by atoms with Crippen molar-refractivity contribution in [2.45, 2.75) is 25.8 Å². The molecule has 1 aromatic rings. The molecular weight excluding hydrogens is 246 g/mol. The highest BCUT2D eigenvalue weighted by Gasteiger charge is 2.41. The number of carbonyl (C=O) groups is 1. The summed E-state index contributed by atoms with van der Waals surface area (Å²) in [5.41, 5.74) is -0.628. The van der Waals surface area contributed by atoms with Crippen molar-refractivity contribution < 1.29 is 9.90 Å². The number of allylic oxidation sites excluding steroid dienone is 1. The van der Waals surface area contributed by atoms with Crippen LogP contribution in [0.25, 0.3) is 0 Å². The zero-order valence-corrected chi connectivity index (χ0v) is 11.3. The van der Waals surface area contributed by atoms with Gasteiger partial charge < -0.3 is 5.11 Å². The molecule has 2 heterocycles. The summed E-state index contributed by atoms with van der Waals surface area (Å²) in [6, 6.07) is 4.15. The lowest BCUT2D eigenvalue weighted by Gasteiger charge is -2.39. The number of likely N-dealkylation sites (tertiary alicyclic amines) is 1. The van der Waals surface area contributed by atoms with Crippen molar-refractivity contribution in [3.05, 3.63) is 35.0 Å². The second kappa shape index (κ2) is 5.67. The highest BCUT2D eigenvalue weighted by Crippen LogP contribution is 2.35. The Balaban J connectivity index is 2.06. The van der Waals surface area contributed by atoms with Gasteiger partial charge in [-0.15, -0.1) is 17.9 Å². The van der Waals surface area contributed by atoms with Crippen LogP contribution in [0, 0.1) is 5.41 Å². The Labute approximate surface area is 112 Å². The van der Waals surface area contributed by atoms with E-state index >= 15 is 0 Å². The molecule has 1 aromatic heterocycles. The average Bonchev–Trinajstić information content (AvgIpc) is 2.82. The lowest BCUT2D eigenvalue weighted by atomic mass is 9.77. The fraction of sp³-hybridized carbons (Fsp3) is 0.500. The van der Waals surface area contributed by atoms with Gasteiger partial charge in [-0.1, -0.05) is 12.1 Å². The van der Waals surface area contributed by atoms with Gasteiger partial charge in [-0.25, -0.2) is 0 Å². The van der Waals surface area contributed by atoms with Crippen molar-refractivity contribution in [2.24, 2.45) is 5.41 Å². The molecule has 4 heteroatoms. The van der Waals surface area contributed by atoms with Crippen LogP contribution in [0.4, 0.5) is 0 Å². The summed E-state index contributed by atoms with van der Waals surface area (Å²) < 4.78 is 0. The predicted molar refractivity (Wildman–Crippen MR) is 73.7 cm³/mol. The smallest absolute Gasteiger partial charge is 0.311 e. The molecular formula is C14H19NO2S. The van der Waals surface area contributed by atoms with E-state index in [0.717, 1.165) is 25.9 Å². The lowest BCUT2D eigenvalue weighted by Crippen LogP contribution is -2.47. The van der Waals surface area contributed by atoms with E-state index < -0.39 is 11.4 Å². The SMILES string of the molecule is C=CCC1(C(=O)O)CCCN(Cc2cccs2)C1. The first-order chi connectivity index (χ1) is 8.66. The Morgan fingerprint density at radius 1 is 1.67 bits per heavy atom. The Morgan fingerprint density at radius 3 is 3.11 bits per heavy atom. The predicted octanol–water partition coefficient (Wildman–Crippen LogP) is 2.99. The molecule has 0 radical (unpaired) electrons. The zero-order chi connectivity index (χ0) is 13.0. The van der Waals surface area contributed by atoms with Crippen LogP contribution in [-0.4, -0.2) is 29.1 Å². The third-order valence-corrected chi connectivity index (χ3v) is 4.47. The van der Waals surface area contributed by atoms with E-state index in [1.54, 1.807) is 17.4 Å². The van der Waals surface area contributed by atoms with Crippen LogP contribution in [0.15, 0.2) is 30.2 Å². The van der Waals surface area contributed by atoms with Gasteiger partial charge in [0.15, 0.2) is 0 Å². The molecule has 1 aliphatic heterocycles. The van der Waals surface area contributed by atoms with E-state index in [0.29, 0.717) is 13.0 Å². The molecule has 1 unspecified atom stereocenters. The summed E-state index contributed by atoms with van der Waals surface area (Å²) in [6.07, 6.45) is 4.01. The van der Waals surface area contributed by atoms with Crippen LogP contribution < -0.4 is 0 Å². The number of rotatable bonds is 5.